The van der Waals surface area contributed by atoms with Crippen LogP contribution in [-0.4, -0.2) is 31.9 Å². The summed E-state index contributed by atoms with van der Waals surface area (Å²) < 4.78 is 28.1. The summed E-state index contributed by atoms with van der Waals surface area (Å²) in [5.74, 6) is 0. The van der Waals surface area contributed by atoms with Gasteiger partial charge in [0.25, 0.3) is 0 Å². The Morgan fingerprint density at radius 1 is 1.38 bits per heavy atom. The van der Waals surface area contributed by atoms with Gasteiger partial charge in [-0.2, -0.15) is 4.31 Å². The summed E-state index contributed by atoms with van der Waals surface area (Å²) in [6, 6.07) is 5.64. The van der Waals surface area contributed by atoms with E-state index in [0.29, 0.717) is 22.5 Å². The van der Waals surface area contributed by atoms with Crippen LogP contribution < -0.4 is 5.32 Å². The van der Waals surface area contributed by atoms with Gasteiger partial charge in [-0.05, 0) is 59.9 Å². The van der Waals surface area contributed by atoms with Crippen LogP contribution in [0.25, 0.3) is 0 Å². The molecular weight excluding hydrogens is 352 g/mol. The Morgan fingerprint density at radius 2 is 2.14 bits per heavy atom. The molecular formula is C15H23BrN2O2S. The van der Waals surface area contributed by atoms with E-state index < -0.39 is 10.0 Å². The quantitative estimate of drug-likeness (QED) is 0.860. The van der Waals surface area contributed by atoms with Crippen molar-refractivity contribution in [3.05, 3.63) is 28.2 Å². The second-order valence-electron chi connectivity index (χ2n) is 5.51. The van der Waals surface area contributed by atoms with Crippen molar-refractivity contribution < 1.29 is 8.42 Å². The fraction of sp³-hybridized carbons (Fsp3) is 0.600. The van der Waals surface area contributed by atoms with Crippen molar-refractivity contribution in [2.45, 2.75) is 50.6 Å². The number of nitrogens with zero attached hydrogens (tertiary/aromatic N) is 1. The standard InChI is InChI=1S/C15H23BrN2O2S/c1-3-17-11-13-7-8-14(16)15(10-13)21(19,20)18-9-5-4-6-12(18)2/h7-8,10,12,17H,3-6,9,11H2,1-2H3. The Labute approximate surface area is 136 Å². The van der Waals surface area contributed by atoms with Crippen LogP contribution in [0.2, 0.25) is 0 Å². The molecule has 1 fully saturated rings. The number of piperidine rings is 1. The first-order chi connectivity index (χ1) is 9.96. The molecule has 1 aliphatic heterocycles. The van der Waals surface area contributed by atoms with Crippen molar-refractivity contribution in [1.29, 1.82) is 0 Å². The summed E-state index contributed by atoms with van der Waals surface area (Å²) in [7, 11) is -3.43. The molecule has 1 atom stereocenters. The predicted octanol–water partition coefficient (Wildman–Crippen LogP) is 3.12. The van der Waals surface area contributed by atoms with Gasteiger partial charge in [-0.3, -0.25) is 0 Å². The maximum Gasteiger partial charge on any atom is 0.244 e. The van der Waals surface area contributed by atoms with Gasteiger partial charge in [0.2, 0.25) is 10.0 Å². The lowest BCUT2D eigenvalue weighted by Crippen LogP contribution is -2.42. The molecule has 1 N–H and O–H groups in total. The maximum atomic E-state index is 12.9. The normalized spacial score (nSPS) is 20.6. The van der Waals surface area contributed by atoms with Crippen LogP contribution >= 0.6 is 15.9 Å². The van der Waals surface area contributed by atoms with E-state index in [2.05, 4.69) is 21.2 Å². The lowest BCUT2D eigenvalue weighted by molar-refractivity contribution is 0.268. The molecule has 1 saturated heterocycles. The highest BCUT2D eigenvalue weighted by molar-refractivity contribution is 9.10. The Kier molecular flexibility index (Phi) is 5.82. The molecule has 0 spiro atoms. The molecule has 1 unspecified atom stereocenters. The van der Waals surface area contributed by atoms with Crippen molar-refractivity contribution in [2.75, 3.05) is 13.1 Å². The Balaban J connectivity index is 2.34. The van der Waals surface area contributed by atoms with Gasteiger partial charge in [-0.15, -0.1) is 0 Å². The van der Waals surface area contributed by atoms with Crippen molar-refractivity contribution in [3.63, 3.8) is 0 Å². The fourth-order valence-electron chi connectivity index (χ4n) is 2.68. The number of sulfonamides is 1. The number of benzene rings is 1. The largest absolute Gasteiger partial charge is 0.313 e. The monoisotopic (exact) mass is 374 g/mol. The van der Waals surface area contributed by atoms with Crippen LogP contribution in [-0.2, 0) is 16.6 Å². The molecule has 118 valence electrons. The number of nitrogens with one attached hydrogen (secondary N) is 1. The zero-order valence-corrected chi connectivity index (χ0v) is 15.0. The van der Waals surface area contributed by atoms with Crippen LogP contribution in [0.4, 0.5) is 0 Å². The van der Waals surface area contributed by atoms with E-state index in [1.165, 1.54) is 0 Å². The van der Waals surface area contributed by atoms with Crippen LogP contribution in [0.15, 0.2) is 27.6 Å². The summed E-state index contributed by atoms with van der Waals surface area (Å²) in [6.45, 7) is 6.19. The summed E-state index contributed by atoms with van der Waals surface area (Å²) in [5, 5.41) is 3.23. The molecule has 1 aromatic carbocycles. The topological polar surface area (TPSA) is 49.4 Å². The highest BCUT2D eigenvalue weighted by Crippen LogP contribution is 2.30. The molecule has 0 amide bonds. The van der Waals surface area contributed by atoms with Gasteiger partial charge < -0.3 is 5.32 Å². The van der Waals surface area contributed by atoms with E-state index in [1.54, 1.807) is 10.4 Å². The third-order valence-electron chi connectivity index (χ3n) is 3.90. The molecule has 6 heteroatoms. The zero-order chi connectivity index (χ0) is 15.5. The van der Waals surface area contributed by atoms with E-state index in [9.17, 15) is 8.42 Å². The summed E-state index contributed by atoms with van der Waals surface area (Å²) in [6.07, 6.45) is 2.99. The number of hydrogen-bond donors (Lipinski definition) is 1. The lowest BCUT2D eigenvalue weighted by atomic mass is 10.1. The molecule has 0 bridgehead atoms. The van der Waals surface area contributed by atoms with Crippen molar-refractivity contribution in [3.8, 4) is 0 Å². The lowest BCUT2D eigenvalue weighted by Gasteiger charge is -2.32. The van der Waals surface area contributed by atoms with E-state index in [0.717, 1.165) is 31.4 Å². The number of hydrogen-bond acceptors (Lipinski definition) is 3. The summed E-state index contributed by atoms with van der Waals surface area (Å²) >= 11 is 3.39. The van der Waals surface area contributed by atoms with E-state index in [1.807, 2.05) is 26.0 Å². The molecule has 1 aromatic rings. The average Bonchev–Trinajstić information content (AvgIpc) is 2.46. The fourth-order valence-corrected chi connectivity index (χ4v) is 5.36. The zero-order valence-electron chi connectivity index (χ0n) is 12.6. The van der Waals surface area contributed by atoms with Crippen molar-refractivity contribution in [1.82, 2.24) is 9.62 Å². The second-order valence-corrected chi connectivity index (χ2v) is 8.22. The minimum Gasteiger partial charge on any atom is -0.313 e. The van der Waals surface area contributed by atoms with Gasteiger partial charge in [0.1, 0.15) is 0 Å². The van der Waals surface area contributed by atoms with E-state index in [-0.39, 0.29) is 6.04 Å². The SMILES string of the molecule is CCNCc1ccc(Br)c(S(=O)(=O)N2CCCCC2C)c1. The first kappa shape index (κ1) is 16.9. The van der Waals surface area contributed by atoms with Crippen LogP contribution in [0.3, 0.4) is 0 Å². The van der Waals surface area contributed by atoms with Gasteiger partial charge in [0.15, 0.2) is 0 Å². The molecule has 0 radical (unpaired) electrons. The van der Waals surface area contributed by atoms with Gasteiger partial charge in [-0.1, -0.05) is 19.4 Å². The van der Waals surface area contributed by atoms with Crippen molar-refractivity contribution in [2.24, 2.45) is 0 Å². The summed E-state index contributed by atoms with van der Waals surface area (Å²) in [5.41, 5.74) is 0.989. The Bertz CT molecular complexity index is 589. The minimum atomic E-state index is -3.43. The average molecular weight is 375 g/mol. The van der Waals surface area contributed by atoms with Crippen LogP contribution in [0.5, 0.6) is 0 Å². The molecule has 2 rings (SSSR count). The number of halogens is 1. The predicted molar refractivity (Wildman–Crippen MR) is 88.7 cm³/mol. The molecule has 0 aromatic heterocycles. The Morgan fingerprint density at radius 3 is 2.81 bits per heavy atom. The highest BCUT2D eigenvalue weighted by atomic mass is 79.9. The molecule has 21 heavy (non-hydrogen) atoms. The third-order valence-corrected chi connectivity index (χ3v) is 6.91. The van der Waals surface area contributed by atoms with Crippen LogP contribution in [0.1, 0.15) is 38.7 Å². The van der Waals surface area contributed by atoms with E-state index >= 15 is 0 Å². The summed E-state index contributed by atoms with van der Waals surface area (Å²) in [4.78, 5) is 0.381. The van der Waals surface area contributed by atoms with Gasteiger partial charge in [0.05, 0.1) is 4.90 Å². The maximum absolute atomic E-state index is 12.9. The molecule has 4 nitrogen and oxygen atoms in total. The van der Waals surface area contributed by atoms with Gasteiger partial charge >= 0.3 is 0 Å². The smallest absolute Gasteiger partial charge is 0.244 e. The van der Waals surface area contributed by atoms with Gasteiger partial charge in [0, 0.05) is 23.6 Å². The Hall–Kier alpha value is -0.430. The molecule has 0 saturated carbocycles. The molecule has 1 heterocycles. The third kappa shape index (κ3) is 3.86. The van der Waals surface area contributed by atoms with Gasteiger partial charge in [-0.25, -0.2) is 8.42 Å². The first-order valence-corrected chi connectivity index (χ1v) is 9.71. The van der Waals surface area contributed by atoms with E-state index in [4.69, 9.17) is 0 Å². The second kappa shape index (κ2) is 7.22. The number of rotatable bonds is 5. The molecule has 0 aliphatic carbocycles. The van der Waals surface area contributed by atoms with Crippen LogP contribution in [0, 0.1) is 0 Å². The highest BCUT2D eigenvalue weighted by Gasteiger charge is 2.32. The van der Waals surface area contributed by atoms with Crippen molar-refractivity contribution >= 4 is 26.0 Å². The minimum absolute atomic E-state index is 0.0769. The first-order valence-electron chi connectivity index (χ1n) is 7.47. The molecule has 1 aliphatic rings.